The first-order chi connectivity index (χ1) is 9.14. The van der Waals surface area contributed by atoms with E-state index >= 15 is 0 Å². The molecule has 1 aliphatic rings. The number of likely N-dealkylation sites (tertiary alicyclic amines) is 1. The first-order valence-corrected chi connectivity index (χ1v) is 6.91. The number of rotatable bonds is 2. The maximum atomic E-state index is 9.99. The zero-order valence-electron chi connectivity index (χ0n) is 11.3. The first kappa shape index (κ1) is 12.6. The molecule has 0 aliphatic carbocycles. The topological polar surface area (TPSA) is 36.4 Å². The molecule has 2 heterocycles. The van der Waals surface area contributed by atoms with Crippen molar-refractivity contribution in [1.29, 1.82) is 0 Å². The molecule has 0 unspecified atom stereocenters. The Kier molecular flexibility index (Phi) is 3.25. The lowest BCUT2D eigenvalue weighted by Crippen LogP contribution is -2.41. The van der Waals surface area contributed by atoms with E-state index in [0.717, 1.165) is 38.0 Å². The van der Waals surface area contributed by atoms with Gasteiger partial charge in [-0.2, -0.15) is 0 Å². The Morgan fingerprint density at radius 1 is 1.21 bits per heavy atom. The van der Waals surface area contributed by atoms with Crippen LogP contribution in [0.1, 0.15) is 25.3 Å². The van der Waals surface area contributed by atoms with Crippen molar-refractivity contribution in [1.82, 2.24) is 9.88 Å². The summed E-state index contributed by atoms with van der Waals surface area (Å²) in [6.45, 7) is 4.76. The molecule has 0 bridgehead atoms. The third kappa shape index (κ3) is 2.77. The molecule has 0 saturated carbocycles. The van der Waals surface area contributed by atoms with Crippen LogP contribution in [0.15, 0.2) is 36.5 Å². The standard InChI is InChI=1S/C16H20N2O/c1-16(19)7-10-18(11-8-16)12-14-5-2-4-13-6-3-9-17-15(13)14/h2-6,9,19H,7-8,10-12H2,1H3. The van der Waals surface area contributed by atoms with Crippen molar-refractivity contribution in [2.75, 3.05) is 13.1 Å². The van der Waals surface area contributed by atoms with Crippen LogP contribution >= 0.6 is 0 Å². The van der Waals surface area contributed by atoms with Crippen LogP contribution in [0, 0.1) is 0 Å². The van der Waals surface area contributed by atoms with Gasteiger partial charge in [-0.05, 0) is 31.4 Å². The fourth-order valence-corrected chi connectivity index (χ4v) is 2.73. The molecule has 3 rings (SSSR count). The molecule has 2 aromatic rings. The van der Waals surface area contributed by atoms with Crippen molar-refractivity contribution in [2.24, 2.45) is 0 Å². The maximum absolute atomic E-state index is 9.99. The van der Waals surface area contributed by atoms with Gasteiger partial charge >= 0.3 is 0 Å². The van der Waals surface area contributed by atoms with Gasteiger partial charge in [-0.25, -0.2) is 0 Å². The van der Waals surface area contributed by atoms with E-state index in [1.54, 1.807) is 0 Å². The lowest BCUT2D eigenvalue weighted by atomic mass is 9.93. The van der Waals surface area contributed by atoms with Crippen LogP contribution in [0.25, 0.3) is 10.9 Å². The van der Waals surface area contributed by atoms with Gasteiger partial charge < -0.3 is 5.11 Å². The van der Waals surface area contributed by atoms with E-state index in [2.05, 4.69) is 34.1 Å². The number of aliphatic hydroxyl groups is 1. The van der Waals surface area contributed by atoms with Crippen LogP contribution in [-0.4, -0.2) is 33.7 Å². The summed E-state index contributed by atoms with van der Waals surface area (Å²) in [6.07, 6.45) is 3.56. The van der Waals surface area contributed by atoms with Crippen LogP contribution < -0.4 is 0 Å². The van der Waals surface area contributed by atoms with E-state index in [4.69, 9.17) is 0 Å². The van der Waals surface area contributed by atoms with Crippen molar-refractivity contribution in [3.8, 4) is 0 Å². The largest absolute Gasteiger partial charge is 0.390 e. The number of nitrogens with zero attached hydrogens (tertiary/aromatic N) is 2. The Morgan fingerprint density at radius 2 is 1.95 bits per heavy atom. The Balaban J connectivity index is 1.79. The molecule has 0 spiro atoms. The second kappa shape index (κ2) is 4.91. The predicted molar refractivity (Wildman–Crippen MR) is 76.9 cm³/mol. The Bertz CT molecular complexity index is 564. The number of hydrogen-bond acceptors (Lipinski definition) is 3. The van der Waals surface area contributed by atoms with Gasteiger partial charge in [0.25, 0.3) is 0 Å². The summed E-state index contributed by atoms with van der Waals surface area (Å²) in [5.74, 6) is 0. The van der Waals surface area contributed by atoms with Crippen molar-refractivity contribution in [3.05, 3.63) is 42.1 Å². The highest BCUT2D eigenvalue weighted by molar-refractivity contribution is 5.81. The molecular formula is C16H20N2O. The minimum Gasteiger partial charge on any atom is -0.390 e. The molecule has 0 amide bonds. The van der Waals surface area contributed by atoms with E-state index in [9.17, 15) is 5.11 Å². The van der Waals surface area contributed by atoms with Crippen molar-refractivity contribution < 1.29 is 5.11 Å². The monoisotopic (exact) mass is 256 g/mol. The molecule has 0 atom stereocenters. The first-order valence-electron chi connectivity index (χ1n) is 6.91. The maximum Gasteiger partial charge on any atom is 0.0746 e. The number of pyridine rings is 1. The molecule has 0 radical (unpaired) electrons. The molecule has 3 heteroatoms. The van der Waals surface area contributed by atoms with E-state index in [1.807, 2.05) is 19.2 Å². The summed E-state index contributed by atoms with van der Waals surface area (Å²) in [5.41, 5.74) is 1.90. The normalized spacial score (nSPS) is 19.7. The second-order valence-electron chi connectivity index (χ2n) is 5.77. The van der Waals surface area contributed by atoms with Crippen LogP contribution in [-0.2, 0) is 6.54 Å². The molecule has 1 fully saturated rings. The van der Waals surface area contributed by atoms with Gasteiger partial charge in [-0.3, -0.25) is 9.88 Å². The van der Waals surface area contributed by atoms with Gasteiger partial charge in [0.05, 0.1) is 11.1 Å². The highest BCUT2D eigenvalue weighted by Crippen LogP contribution is 2.24. The number of hydrogen-bond donors (Lipinski definition) is 1. The number of para-hydroxylation sites is 1. The van der Waals surface area contributed by atoms with E-state index in [0.29, 0.717) is 0 Å². The number of aromatic nitrogens is 1. The van der Waals surface area contributed by atoms with Crippen LogP contribution in [0.4, 0.5) is 0 Å². The van der Waals surface area contributed by atoms with Crippen LogP contribution in [0.2, 0.25) is 0 Å². The average Bonchev–Trinajstić information content (AvgIpc) is 2.42. The molecule has 1 aromatic heterocycles. The third-order valence-electron chi connectivity index (χ3n) is 4.04. The Labute approximate surface area is 113 Å². The quantitative estimate of drug-likeness (QED) is 0.897. The molecule has 1 aliphatic heterocycles. The minimum absolute atomic E-state index is 0.479. The van der Waals surface area contributed by atoms with Gasteiger partial charge in [0.1, 0.15) is 0 Å². The van der Waals surface area contributed by atoms with Gasteiger partial charge in [0, 0.05) is 31.2 Å². The number of fused-ring (bicyclic) bond motifs is 1. The third-order valence-corrected chi connectivity index (χ3v) is 4.04. The lowest BCUT2D eigenvalue weighted by Gasteiger charge is -2.35. The van der Waals surface area contributed by atoms with Crippen molar-refractivity contribution in [3.63, 3.8) is 0 Å². The van der Waals surface area contributed by atoms with Gasteiger partial charge in [0.15, 0.2) is 0 Å². The predicted octanol–water partition coefficient (Wildman–Crippen LogP) is 2.58. The van der Waals surface area contributed by atoms with E-state index in [1.165, 1.54) is 10.9 Å². The van der Waals surface area contributed by atoms with Crippen LogP contribution in [0.5, 0.6) is 0 Å². The fraction of sp³-hybridized carbons (Fsp3) is 0.438. The molecule has 100 valence electrons. The van der Waals surface area contributed by atoms with E-state index in [-0.39, 0.29) is 0 Å². The summed E-state index contributed by atoms with van der Waals surface area (Å²) in [4.78, 5) is 6.90. The Hall–Kier alpha value is -1.45. The number of benzene rings is 1. The summed E-state index contributed by atoms with van der Waals surface area (Å²) in [7, 11) is 0. The zero-order valence-corrected chi connectivity index (χ0v) is 11.3. The lowest BCUT2D eigenvalue weighted by molar-refractivity contribution is -0.00721. The number of piperidine rings is 1. The van der Waals surface area contributed by atoms with Crippen molar-refractivity contribution >= 4 is 10.9 Å². The zero-order chi connectivity index (χ0) is 13.3. The van der Waals surface area contributed by atoms with E-state index < -0.39 is 5.60 Å². The average molecular weight is 256 g/mol. The molecule has 19 heavy (non-hydrogen) atoms. The van der Waals surface area contributed by atoms with Gasteiger partial charge in [-0.15, -0.1) is 0 Å². The van der Waals surface area contributed by atoms with Crippen LogP contribution in [0.3, 0.4) is 0 Å². The smallest absolute Gasteiger partial charge is 0.0746 e. The summed E-state index contributed by atoms with van der Waals surface area (Å²) in [6, 6.07) is 10.4. The fourth-order valence-electron chi connectivity index (χ4n) is 2.73. The second-order valence-corrected chi connectivity index (χ2v) is 5.77. The molecule has 1 aromatic carbocycles. The SMILES string of the molecule is CC1(O)CCN(Cc2cccc3cccnc23)CC1. The Morgan fingerprint density at radius 3 is 2.74 bits per heavy atom. The van der Waals surface area contributed by atoms with Gasteiger partial charge in [0.2, 0.25) is 0 Å². The van der Waals surface area contributed by atoms with Crippen molar-refractivity contribution in [2.45, 2.75) is 31.9 Å². The minimum atomic E-state index is -0.479. The molecule has 1 N–H and O–H groups in total. The summed E-state index contributed by atoms with van der Waals surface area (Å²) in [5, 5.41) is 11.2. The summed E-state index contributed by atoms with van der Waals surface area (Å²) < 4.78 is 0. The van der Waals surface area contributed by atoms with Gasteiger partial charge in [-0.1, -0.05) is 24.3 Å². The molecular weight excluding hydrogens is 236 g/mol. The summed E-state index contributed by atoms with van der Waals surface area (Å²) >= 11 is 0. The molecule has 1 saturated heterocycles. The highest BCUT2D eigenvalue weighted by Gasteiger charge is 2.27. The molecule has 3 nitrogen and oxygen atoms in total. The highest BCUT2D eigenvalue weighted by atomic mass is 16.3.